The van der Waals surface area contributed by atoms with Crippen molar-refractivity contribution in [3.63, 3.8) is 0 Å². The molecule has 2 aliphatic heterocycles. The Kier molecular flexibility index (Phi) is 5.23. The van der Waals surface area contributed by atoms with E-state index in [1.54, 1.807) is 14.2 Å². The summed E-state index contributed by atoms with van der Waals surface area (Å²) in [4.78, 5) is 2.21. The lowest BCUT2D eigenvalue weighted by molar-refractivity contribution is 0.113. The second-order valence-corrected chi connectivity index (χ2v) is 6.36. The minimum Gasteiger partial charge on any atom is -0.493 e. The van der Waals surface area contributed by atoms with Crippen molar-refractivity contribution in [1.29, 1.82) is 0 Å². The van der Waals surface area contributed by atoms with E-state index in [2.05, 4.69) is 22.3 Å². The van der Waals surface area contributed by atoms with Gasteiger partial charge in [0.25, 0.3) is 0 Å². The van der Waals surface area contributed by atoms with Crippen molar-refractivity contribution >= 4 is 17.3 Å². The molecule has 1 saturated heterocycles. The van der Waals surface area contributed by atoms with Crippen LogP contribution in [0.1, 0.15) is 24.0 Å². The first-order chi connectivity index (χ1) is 11.2. The molecule has 2 heterocycles. The lowest BCUT2D eigenvalue weighted by Gasteiger charge is -2.32. The van der Waals surface area contributed by atoms with Crippen LogP contribution in [-0.2, 0) is 17.7 Å². The summed E-state index contributed by atoms with van der Waals surface area (Å²) in [5, 5.41) is 4.16. The van der Waals surface area contributed by atoms with Gasteiger partial charge in [-0.3, -0.25) is 0 Å². The molecule has 0 unspecified atom stereocenters. The molecule has 0 aliphatic carbocycles. The van der Waals surface area contributed by atoms with Gasteiger partial charge in [-0.15, -0.1) is 0 Å². The molecule has 23 heavy (non-hydrogen) atoms. The van der Waals surface area contributed by atoms with Crippen molar-refractivity contribution in [2.24, 2.45) is 0 Å². The number of thiocarbonyl (C=S) groups is 1. The summed E-state index contributed by atoms with van der Waals surface area (Å²) in [5.74, 6) is 1.56. The fourth-order valence-corrected chi connectivity index (χ4v) is 3.41. The number of methoxy groups -OCH3 is 2. The topological polar surface area (TPSA) is 43.0 Å². The quantitative estimate of drug-likeness (QED) is 0.850. The lowest BCUT2D eigenvalue weighted by Crippen LogP contribution is -2.44. The maximum absolute atomic E-state index is 5.63. The predicted octanol–water partition coefficient (Wildman–Crippen LogP) is 2.12. The smallest absolute Gasteiger partial charge is 0.169 e. The number of benzene rings is 1. The highest BCUT2D eigenvalue weighted by Crippen LogP contribution is 2.33. The molecule has 1 fully saturated rings. The molecule has 0 bridgehead atoms. The Hall–Kier alpha value is -1.53. The van der Waals surface area contributed by atoms with E-state index in [0.717, 1.165) is 62.1 Å². The Morgan fingerprint density at radius 3 is 2.70 bits per heavy atom. The molecule has 0 amide bonds. The van der Waals surface area contributed by atoms with Crippen LogP contribution in [0.5, 0.6) is 11.5 Å². The van der Waals surface area contributed by atoms with Crippen molar-refractivity contribution < 1.29 is 14.2 Å². The van der Waals surface area contributed by atoms with Crippen LogP contribution < -0.4 is 14.8 Å². The molecule has 1 atom stereocenters. The molecule has 0 spiro atoms. The summed E-state index contributed by atoms with van der Waals surface area (Å²) in [6, 6.07) is 4.14. The van der Waals surface area contributed by atoms with Crippen LogP contribution in [0.15, 0.2) is 12.1 Å². The lowest BCUT2D eigenvalue weighted by atomic mass is 9.99. The number of rotatable bonds is 4. The van der Waals surface area contributed by atoms with E-state index in [1.165, 1.54) is 11.1 Å². The summed E-state index contributed by atoms with van der Waals surface area (Å²) in [6.45, 7) is 3.39. The molecule has 1 aromatic rings. The van der Waals surface area contributed by atoms with E-state index >= 15 is 0 Å². The number of nitrogens with one attached hydrogen (secondary N) is 1. The molecule has 6 heteroatoms. The predicted molar refractivity (Wildman–Crippen MR) is 93.2 cm³/mol. The molecular formula is C17H24N2O3S. The molecule has 1 N–H and O–H groups in total. The minimum atomic E-state index is 0.300. The van der Waals surface area contributed by atoms with Crippen molar-refractivity contribution in [2.75, 3.05) is 33.9 Å². The first-order valence-electron chi connectivity index (χ1n) is 8.09. The summed E-state index contributed by atoms with van der Waals surface area (Å²) < 4.78 is 16.4. The average molecular weight is 336 g/mol. The molecule has 126 valence electrons. The second kappa shape index (κ2) is 7.36. The first kappa shape index (κ1) is 16.3. The monoisotopic (exact) mass is 336 g/mol. The van der Waals surface area contributed by atoms with Crippen molar-refractivity contribution in [3.8, 4) is 11.5 Å². The molecule has 5 nitrogen and oxygen atoms in total. The van der Waals surface area contributed by atoms with E-state index in [1.807, 2.05) is 0 Å². The third-order valence-electron chi connectivity index (χ3n) is 4.51. The number of fused-ring (bicyclic) bond motifs is 1. The summed E-state index contributed by atoms with van der Waals surface area (Å²) >= 11 is 5.55. The summed E-state index contributed by atoms with van der Waals surface area (Å²) in [7, 11) is 3.34. The Bertz CT molecular complexity index is 573. The average Bonchev–Trinajstić information content (AvgIpc) is 3.11. The van der Waals surface area contributed by atoms with Crippen LogP contribution in [-0.4, -0.2) is 50.0 Å². The van der Waals surface area contributed by atoms with E-state index in [0.29, 0.717) is 6.10 Å². The zero-order chi connectivity index (χ0) is 16.2. The van der Waals surface area contributed by atoms with Gasteiger partial charge >= 0.3 is 0 Å². The Labute approximate surface area is 142 Å². The van der Waals surface area contributed by atoms with Gasteiger partial charge in [0.1, 0.15) is 0 Å². The molecule has 0 radical (unpaired) electrons. The Balaban J connectivity index is 1.63. The van der Waals surface area contributed by atoms with Crippen molar-refractivity contribution in [1.82, 2.24) is 10.2 Å². The Morgan fingerprint density at radius 2 is 2.04 bits per heavy atom. The van der Waals surface area contributed by atoms with Gasteiger partial charge in [-0.1, -0.05) is 0 Å². The highest BCUT2D eigenvalue weighted by molar-refractivity contribution is 7.80. The van der Waals surface area contributed by atoms with Gasteiger partial charge in [0, 0.05) is 26.2 Å². The maximum Gasteiger partial charge on any atom is 0.169 e. The summed E-state index contributed by atoms with van der Waals surface area (Å²) in [5.41, 5.74) is 2.55. The molecule has 0 aromatic heterocycles. The van der Waals surface area contributed by atoms with Crippen LogP contribution in [0.3, 0.4) is 0 Å². The zero-order valence-corrected chi connectivity index (χ0v) is 14.6. The van der Waals surface area contributed by atoms with Crippen LogP contribution in [0.4, 0.5) is 0 Å². The highest BCUT2D eigenvalue weighted by atomic mass is 32.1. The maximum atomic E-state index is 5.63. The van der Waals surface area contributed by atoms with Crippen molar-refractivity contribution in [2.45, 2.75) is 31.9 Å². The van der Waals surface area contributed by atoms with Crippen molar-refractivity contribution in [3.05, 3.63) is 23.3 Å². The van der Waals surface area contributed by atoms with E-state index in [4.69, 9.17) is 26.4 Å². The number of ether oxygens (including phenoxy) is 3. The number of hydrogen-bond donors (Lipinski definition) is 1. The van der Waals surface area contributed by atoms with Crippen LogP contribution in [0.2, 0.25) is 0 Å². The van der Waals surface area contributed by atoms with Gasteiger partial charge in [-0.05, 0) is 54.7 Å². The fraction of sp³-hybridized carbons (Fsp3) is 0.588. The van der Waals surface area contributed by atoms with Crippen LogP contribution in [0.25, 0.3) is 0 Å². The van der Waals surface area contributed by atoms with Gasteiger partial charge in [0.15, 0.2) is 16.6 Å². The van der Waals surface area contributed by atoms with Gasteiger partial charge in [-0.2, -0.15) is 0 Å². The highest BCUT2D eigenvalue weighted by Gasteiger charge is 2.22. The number of nitrogens with zero attached hydrogens (tertiary/aromatic N) is 1. The molecule has 0 saturated carbocycles. The van der Waals surface area contributed by atoms with Gasteiger partial charge in [-0.25, -0.2) is 0 Å². The fourth-order valence-electron chi connectivity index (χ4n) is 3.17. The SMILES string of the molecule is COc1cc2c(cc1OC)CN(C(=S)NC[C@H]1CCCO1)CC2. The molecule has 1 aromatic carbocycles. The molecule has 3 rings (SSSR count). The Morgan fingerprint density at radius 1 is 1.30 bits per heavy atom. The zero-order valence-electron chi connectivity index (χ0n) is 13.8. The van der Waals surface area contributed by atoms with E-state index in [-0.39, 0.29) is 0 Å². The van der Waals surface area contributed by atoms with Gasteiger partial charge < -0.3 is 24.4 Å². The van der Waals surface area contributed by atoms with Gasteiger partial charge in [0.2, 0.25) is 0 Å². The van der Waals surface area contributed by atoms with Crippen LogP contribution in [0, 0.1) is 0 Å². The normalized spacial score (nSPS) is 20.1. The standard InChI is InChI=1S/C17H24N2O3S/c1-20-15-8-12-5-6-19(11-13(12)9-16(15)21-2)17(23)18-10-14-4-3-7-22-14/h8-9,14H,3-7,10-11H2,1-2H3,(H,18,23)/t14-/m1/s1. The summed E-state index contributed by atoms with van der Waals surface area (Å²) in [6.07, 6.45) is 3.53. The van der Waals surface area contributed by atoms with E-state index in [9.17, 15) is 0 Å². The molecule has 2 aliphatic rings. The molecular weight excluding hydrogens is 312 g/mol. The first-order valence-corrected chi connectivity index (χ1v) is 8.50. The second-order valence-electron chi connectivity index (χ2n) is 5.97. The van der Waals surface area contributed by atoms with Gasteiger partial charge in [0.05, 0.1) is 20.3 Å². The number of hydrogen-bond acceptors (Lipinski definition) is 4. The minimum absolute atomic E-state index is 0.300. The third kappa shape index (κ3) is 3.70. The van der Waals surface area contributed by atoms with Crippen LogP contribution >= 0.6 is 12.2 Å². The third-order valence-corrected chi connectivity index (χ3v) is 4.91. The largest absolute Gasteiger partial charge is 0.493 e. The van der Waals surface area contributed by atoms with E-state index < -0.39 is 0 Å².